The number of hydrogen-bond donors (Lipinski definition) is 1. The number of aromatic carboxylic acids is 1. The van der Waals surface area contributed by atoms with Crippen LogP contribution in [0.3, 0.4) is 0 Å². The molecular weight excluding hydrogens is 316 g/mol. The van der Waals surface area contributed by atoms with Crippen LogP contribution in [-0.2, 0) is 7.05 Å². The first kappa shape index (κ1) is 15.9. The highest BCUT2D eigenvalue weighted by Crippen LogP contribution is 2.39. The van der Waals surface area contributed by atoms with Gasteiger partial charge in [0.1, 0.15) is 5.75 Å². The Morgan fingerprint density at radius 3 is 2.74 bits per heavy atom. The molecule has 0 aliphatic heterocycles. The van der Waals surface area contributed by atoms with Crippen molar-refractivity contribution in [3.05, 3.63) is 34.5 Å². The van der Waals surface area contributed by atoms with Gasteiger partial charge in [0, 0.05) is 12.6 Å². The van der Waals surface area contributed by atoms with E-state index in [-0.39, 0.29) is 5.69 Å². The van der Waals surface area contributed by atoms with Gasteiger partial charge in [0.25, 0.3) is 0 Å². The molecule has 3 rings (SSSR count). The molecule has 0 bridgehead atoms. The number of carbonyl (C=O) groups is 1. The first-order chi connectivity index (χ1) is 11.0. The minimum atomic E-state index is -1.05. The van der Waals surface area contributed by atoms with E-state index < -0.39 is 5.97 Å². The third kappa shape index (κ3) is 3.20. The van der Waals surface area contributed by atoms with Crippen LogP contribution in [-0.4, -0.2) is 27.5 Å². The standard InChI is InChI=1S/C17H19ClN2O3/c1-10-6-12(15-8-14(17(21)22)19-20(15)2)16(13(18)7-10)23-9-11-4-3-5-11/h6-8,11H,3-5,9H2,1-2H3,(H,21,22). The van der Waals surface area contributed by atoms with Crippen molar-refractivity contribution in [1.29, 1.82) is 0 Å². The second-order valence-electron chi connectivity index (χ2n) is 6.07. The van der Waals surface area contributed by atoms with Gasteiger partial charge in [-0.25, -0.2) is 4.79 Å². The van der Waals surface area contributed by atoms with Crippen LogP contribution in [0.15, 0.2) is 18.2 Å². The molecule has 122 valence electrons. The van der Waals surface area contributed by atoms with E-state index in [2.05, 4.69) is 5.10 Å². The van der Waals surface area contributed by atoms with Crippen LogP contribution in [0.25, 0.3) is 11.3 Å². The summed E-state index contributed by atoms with van der Waals surface area (Å²) in [6.07, 6.45) is 3.63. The van der Waals surface area contributed by atoms with Crippen LogP contribution < -0.4 is 4.74 Å². The first-order valence-corrected chi connectivity index (χ1v) is 8.04. The second-order valence-corrected chi connectivity index (χ2v) is 6.48. The predicted octanol–water partition coefficient (Wildman–Crippen LogP) is 3.93. The normalized spacial score (nSPS) is 14.6. The number of halogens is 1. The maximum Gasteiger partial charge on any atom is 0.356 e. The Morgan fingerprint density at radius 1 is 1.43 bits per heavy atom. The Morgan fingerprint density at radius 2 is 2.17 bits per heavy atom. The zero-order valence-electron chi connectivity index (χ0n) is 13.2. The van der Waals surface area contributed by atoms with Gasteiger partial charge in [-0.2, -0.15) is 5.10 Å². The molecule has 6 heteroatoms. The van der Waals surface area contributed by atoms with E-state index >= 15 is 0 Å². The lowest BCUT2D eigenvalue weighted by Crippen LogP contribution is -2.19. The largest absolute Gasteiger partial charge is 0.491 e. The number of carboxylic acid groups (broad SMARTS) is 1. The number of nitrogens with zero attached hydrogens (tertiary/aromatic N) is 2. The summed E-state index contributed by atoms with van der Waals surface area (Å²) in [5.74, 6) is 0.132. The molecule has 23 heavy (non-hydrogen) atoms. The Bertz CT molecular complexity index is 751. The fourth-order valence-corrected chi connectivity index (χ4v) is 3.08. The van der Waals surface area contributed by atoms with Gasteiger partial charge in [0.2, 0.25) is 0 Å². The quantitative estimate of drug-likeness (QED) is 0.899. The van der Waals surface area contributed by atoms with Crippen molar-refractivity contribution in [3.8, 4) is 17.0 Å². The Balaban J connectivity index is 2.00. The number of hydrogen-bond acceptors (Lipinski definition) is 3. The molecule has 1 aliphatic rings. The van der Waals surface area contributed by atoms with Gasteiger partial charge in [-0.1, -0.05) is 18.0 Å². The molecule has 1 aliphatic carbocycles. The lowest BCUT2D eigenvalue weighted by atomic mass is 9.86. The van der Waals surface area contributed by atoms with E-state index in [1.54, 1.807) is 17.8 Å². The van der Waals surface area contributed by atoms with Gasteiger partial charge in [-0.3, -0.25) is 4.68 Å². The van der Waals surface area contributed by atoms with E-state index in [9.17, 15) is 4.79 Å². The zero-order chi connectivity index (χ0) is 16.6. The second kappa shape index (κ2) is 6.24. The van der Waals surface area contributed by atoms with Crippen LogP contribution in [0.5, 0.6) is 5.75 Å². The average Bonchev–Trinajstić information content (AvgIpc) is 2.81. The van der Waals surface area contributed by atoms with Gasteiger partial charge in [0.05, 0.1) is 17.3 Å². The number of aryl methyl sites for hydroxylation is 2. The maximum absolute atomic E-state index is 11.1. The van der Waals surface area contributed by atoms with Crippen LogP contribution in [0, 0.1) is 12.8 Å². The third-order valence-corrected chi connectivity index (χ3v) is 4.53. The fourth-order valence-electron chi connectivity index (χ4n) is 2.75. The molecule has 0 atom stereocenters. The summed E-state index contributed by atoms with van der Waals surface area (Å²) in [6.45, 7) is 2.58. The van der Waals surface area contributed by atoms with Crippen LogP contribution in [0.4, 0.5) is 0 Å². The molecular formula is C17H19ClN2O3. The molecule has 0 radical (unpaired) electrons. The molecule has 5 nitrogen and oxygen atoms in total. The maximum atomic E-state index is 11.1. The van der Waals surface area contributed by atoms with Crippen LogP contribution in [0.2, 0.25) is 5.02 Å². The fraction of sp³-hybridized carbons (Fsp3) is 0.412. The molecule has 1 heterocycles. The van der Waals surface area contributed by atoms with E-state index in [0.717, 1.165) is 11.1 Å². The molecule has 0 saturated heterocycles. The number of aromatic nitrogens is 2. The Kier molecular flexibility index (Phi) is 4.31. The molecule has 1 aromatic carbocycles. The molecule has 1 aromatic heterocycles. The minimum Gasteiger partial charge on any atom is -0.491 e. The van der Waals surface area contributed by atoms with Crippen molar-refractivity contribution in [1.82, 2.24) is 9.78 Å². The van der Waals surface area contributed by atoms with Crippen molar-refractivity contribution >= 4 is 17.6 Å². The summed E-state index contributed by atoms with van der Waals surface area (Å²) in [4.78, 5) is 11.1. The molecule has 2 aromatic rings. The van der Waals surface area contributed by atoms with Crippen molar-refractivity contribution in [2.75, 3.05) is 6.61 Å². The molecule has 1 saturated carbocycles. The average molecular weight is 335 g/mol. The summed E-state index contributed by atoms with van der Waals surface area (Å²) in [5.41, 5.74) is 2.44. The van der Waals surface area contributed by atoms with Gasteiger partial charge < -0.3 is 9.84 Å². The predicted molar refractivity (Wildman–Crippen MR) is 88.2 cm³/mol. The van der Waals surface area contributed by atoms with E-state index in [4.69, 9.17) is 21.4 Å². The van der Waals surface area contributed by atoms with Gasteiger partial charge >= 0.3 is 5.97 Å². The van der Waals surface area contributed by atoms with Gasteiger partial charge in [-0.15, -0.1) is 0 Å². The summed E-state index contributed by atoms with van der Waals surface area (Å²) >= 11 is 6.38. The summed E-state index contributed by atoms with van der Waals surface area (Å²) in [6, 6.07) is 5.35. The molecule has 0 spiro atoms. The van der Waals surface area contributed by atoms with Crippen molar-refractivity contribution in [2.24, 2.45) is 13.0 Å². The molecule has 1 fully saturated rings. The summed E-state index contributed by atoms with van der Waals surface area (Å²) < 4.78 is 7.53. The third-order valence-electron chi connectivity index (χ3n) is 4.25. The number of carboxylic acids is 1. The highest BCUT2D eigenvalue weighted by Gasteiger charge is 2.22. The van der Waals surface area contributed by atoms with E-state index in [0.29, 0.717) is 29.0 Å². The number of rotatable bonds is 5. The molecule has 1 N–H and O–H groups in total. The van der Waals surface area contributed by atoms with Crippen LogP contribution >= 0.6 is 11.6 Å². The molecule has 0 amide bonds. The summed E-state index contributed by atoms with van der Waals surface area (Å²) in [7, 11) is 1.72. The lowest BCUT2D eigenvalue weighted by Gasteiger charge is -2.26. The minimum absolute atomic E-state index is 0.00470. The SMILES string of the molecule is Cc1cc(Cl)c(OCC2CCC2)c(-c2cc(C(=O)O)nn2C)c1. The van der Waals surface area contributed by atoms with Crippen LogP contribution in [0.1, 0.15) is 35.3 Å². The van der Waals surface area contributed by atoms with E-state index in [1.165, 1.54) is 19.3 Å². The van der Waals surface area contributed by atoms with Crippen molar-refractivity contribution < 1.29 is 14.6 Å². The smallest absolute Gasteiger partial charge is 0.356 e. The highest BCUT2D eigenvalue weighted by atomic mass is 35.5. The monoisotopic (exact) mass is 334 g/mol. The summed E-state index contributed by atoms with van der Waals surface area (Å²) in [5, 5.41) is 13.7. The van der Waals surface area contributed by atoms with E-state index in [1.807, 2.05) is 19.1 Å². The molecule has 0 unspecified atom stereocenters. The van der Waals surface area contributed by atoms with Crippen molar-refractivity contribution in [3.63, 3.8) is 0 Å². The number of ether oxygens (including phenoxy) is 1. The Hall–Kier alpha value is -2.01. The van der Waals surface area contributed by atoms with Crippen molar-refractivity contribution in [2.45, 2.75) is 26.2 Å². The highest BCUT2D eigenvalue weighted by molar-refractivity contribution is 6.32. The van der Waals surface area contributed by atoms with Gasteiger partial charge in [0.15, 0.2) is 5.69 Å². The zero-order valence-corrected chi connectivity index (χ0v) is 13.9. The first-order valence-electron chi connectivity index (χ1n) is 7.66. The topological polar surface area (TPSA) is 64.3 Å². The number of benzene rings is 1. The lowest BCUT2D eigenvalue weighted by molar-refractivity contribution is 0.0689. The Labute approximate surface area is 139 Å². The van der Waals surface area contributed by atoms with Gasteiger partial charge in [-0.05, 0) is 49.4 Å².